The predicted octanol–water partition coefficient (Wildman–Crippen LogP) is 2.57. The van der Waals surface area contributed by atoms with Gasteiger partial charge in [0.1, 0.15) is 5.54 Å². The van der Waals surface area contributed by atoms with Crippen molar-refractivity contribution >= 4 is 5.97 Å². The van der Waals surface area contributed by atoms with Crippen molar-refractivity contribution in [2.75, 3.05) is 26.2 Å². The van der Waals surface area contributed by atoms with E-state index in [-0.39, 0.29) is 5.97 Å². The Hall–Kier alpha value is -0.610. The largest absolute Gasteiger partial charge is 0.465 e. The zero-order valence-corrected chi connectivity index (χ0v) is 13.7. The van der Waals surface area contributed by atoms with Gasteiger partial charge in [0.25, 0.3) is 0 Å². The summed E-state index contributed by atoms with van der Waals surface area (Å²) in [5, 5.41) is 3.48. The van der Waals surface area contributed by atoms with E-state index in [1.807, 2.05) is 13.8 Å². The van der Waals surface area contributed by atoms with Gasteiger partial charge in [-0.15, -0.1) is 0 Å². The van der Waals surface area contributed by atoms with Gasteiger partial charge in [-0.3, -0.25) is 10.1 Å². The maximum atomic E-state index is 12.2. The second kappa shape index (κ2) is 8.63. The molecule has 0 radical (unpaired) electrons. The monoisotopic (exact) mass is 284 g/mol. The van der Waals surface area contributed by atoms with E-state index in [9.17, 15) is 4.79 Å². The Morgan fingerprint density at radius 3 is 2.40 bits per heavy atom. The van der Waals surface area contributed by atoms with Crippen molar-refractivity contribution in [3.63, 3.8) is 0 Å². The zero-order chi connectivity index (χ0) is 15.0. The summed E-state index contributed by atoms with van der Waals surface area (Å²) in [6, 6.07) is 0.521. The number of hydrogen-bond donors (Lipinski definition) is 1. The molecule has 1 aliphatic carbocycles. The Kier molecular flexibility index (Phi) is 7.52. The van der Waals surface area contributed by atoms with Gasteiger partial charge in [0.15, 0.2) is 0 Å². The summed E-state index contributed by atoms with van der Waals surface area (Å²) in [7, 11) is 0. The molecule has 1 unspecified atom stereocenters. The fraction of sp³-hybridized carbons (Fsp3) is 0.938. The summed E-state index contributed by atoms with van der Waals surface area (Å²) >= 11 is 0. The number of unbranched alkanes of at least 4 members (excludes halogenated alkanes) is 1. The lowest BCUT2D eigenvalue weighted by Gasteiger charge is -2.29. The molecule has 0 aliphatic heterocycles. The van der Waals surface area contributed by atoms with Crippen molar-refractivity contribution < 1.29 is 9.53 Å². The van der Waals surface area contributed by atoms with E-state index in [0.717, 1.165) is 38.9 Å². The van der Waals surface area contributed by atoms with Crippen LogP contribution in [0.15, 0.2) is 0 Å². The Morgan fingerprint density at radius 2 is 1.90 bits per heavy atom. The summed E-state index contributed by atoms with van der Waals surface area (Å²) in [5.74, 6) is -0.0882. The van der Waals surface area contributed by atoms with Crippen molar-refractivity contribution in [1.82, 2.24) is 10.2 Å². The highest BCUT2D eigenvalue weighted by molar-refractivity contribution is 5.80. The van der Waals surface area contributed by atoms with E-state index >= 15 is 0 Å². The van der Waals surface area contributed by atoms with Crippen molar-refractivity contribution in [3.05, 3.63) is 0 Å². The summed E-state index contributed by atoms with van der Waals surface area (Å²) in [5.41, 5.74) is -0.500. The van der Waals surface area contributed by atoms with E-state index in [4.69, 9.17) is 4.74 Å². The molecule has 0 saturated heterocycles. The first-order valence-electron chi connectivity index (χ1n) is 8.23. The Balaban J connectivity index is 2.37. The minimum absolute atomic E-state index is 0.0882. The van der Waals surface area contributed by atoms with Crippen LogP contribution in [0, 0.1) is 0 Å². The molecule has 1 saturated carbocycles. The molecule has 0 aromatic heterocycles. The standard InChI is InChI=1S/C16H32N2O2/c1-5-18(6-2)13-9-8-12-16(4,15(19)20-7-3)17-14-10-11-14/h14,17H,5-13H2,1-4H3. The molecule has 0 aromatic carbocycles. The molecule has 1 rings (SSSR count). The molecule has 4 heteroatoms. The molecule has 20 heavy (non-hydrogen) atoms. The van der Waals surface area contributed by atoms with Crippen LogP contribution in [-0.2, 0) is 9.53 Å². The number of carbonyl (C=O) groups is 1. The van der Waals surface area contributed by atoms with Crippen LogP contribution in [0.25, 0.3) is 0 Å². The molecule has 1 atom stereocenters. The number of hydrogen-bond acceptors (Lipinski definition) is 4. The molecule has 1 N–H and O–H groups in total. The fourth-order valence-corrected chi connectivity index (χ4v) is 2.56. The third-order valence-corrected chi connectivity index (χ3v) is 4.12. The third-order valence-electron chi connectivity index (χ3n) is 4.12. The van der Waals surface area contributed by atoms with Gasteiger partial charge in [-0.1, -0.05) is 13.8 Å². The highest BCUT2D eigenvalue weighted by atomic mass is 16.5. The first-order valence-corrected chi connectivity index (χ1v) is 8.23. The lowest BCUT2D eigenvalue weighted by molar-refractivity contribution is -0.151. The Bertz CT molecular complexity index is 288. The van der Waals surface area contributed by atoms with E-state index in [0.29, 0.717) is 12.6 Å². The highest BCUT2D eigenvalue weighted by Crippen LogP contribution is 2.26. The molecule has 0 spiro atoms. The molecule has 4 nitrogen and oxygen atoms in total. The number of rotatable bonds is 11. The van der Waals surface area contributed by atoms with E-state index in [1.165, 1.54) is 12.8 Å². The second-order valence-corrected chi connectivity index (χ2v) is 5.96. The fourth-order valence-electron chi connectivity index (χ4n) is 2.56. The van der Waals surface area contributed by atoms with Crippen molar-refractivity contribution in [2.24, 2.45) is 0 Å². The highest BCUT2D eigenvalue weighted by Gasteiger charge is 2.39. The van der Waals surface area contributed by atoms with Crippen LogP contribution in [0.1, 0.15) is 59.8 Å². The SMILES string of the molecule is CCOC(=O)C(C)(CCCCN(CC)CC)NC1CC1. The molecule has 0 bridgehead atoms. The topological polar surface area (TPSA) is 41.6 Å². The summed E-state index contributed by atoms with van der Waals surface area (Å²) in [6.45, 7) is 12.0. The molecule has 1 aliphatic rings. The smallest absolute Gasteiger partial charge is 0.326 e. The molecular weight excluding hydrogens is 252 g/mol. The van der Waals surface area contributed by atoms with Crippen LogP contribution in [0.3, 0.4) is 0 Å². The van der Waals surface area contributed by atoms with E-state index in [2.05, 4.69) is 24.1 Å². The number of esters is 1. The van der Waals surface area contributed by atoms with Gasteiger partial charge in [0, 0.05) is 6.04 Å². The van der Waals surface area contributed by atoms with Crippen LogP contribution in [0.2, 0.25) is 0 Å². The van der Waals surface area contributed by atoms with Crippen molar-refractivity contribution in [2.45, 2.75) is 71.4 Å². The van der Waals surface area contributed by atoms with Gasteiger partial charge in [-0.2, -0.15) is 0 Å². The summed E-state index contributed by atoms with van der Waals surface area (Å²) < 4.78 is 5.24. The lowest BCUT2D eigenvalue weighted by atomic mass is 9.94. The second-order valence-electron chi connectivity index (χ2n) is 5.96. The van der Waals surface area contributed by atoms with Gasteiger partial charge in [0.05, 0.1) is 6.61 Å². The van der Waals surface area contributed by atoms with Crippen LogP contribution >= 0.6 is 0 Å². The quantitative estimate of drug-likeness (QED) is 0.468. The van der Waals surface area contributed by atoms with E-state index in [1.54, 1.807) is 0 Å². The van der Waals surface area contributed by atoms with Crippen LogP contribution < -0.4 is 5.32 Å². The predicted molar refractivity (Wildman–Crippen MR) is 82.8 cm³/mol. The van der Waals surface area contributed by atoms with Crippen molar-refractivity contribution in [1.29, 1.82) is 0 Å². The van der Waals surface area contributed by atoms with E-state index < -0.39 is 5.54 Å². The molecule has 0 aromatic rings. The normalized spacial score (nSPS) is 18.1. The first kappa shape index (κ1) is 17.4. The minimum Gasteiger partial charge on any atom is -0.465 e. The number of nitrogens with one attached hydrogen (secondary N) is 1. The minimum atomic E-state index is -0.500. The molecular formula is C16H32N2O2. The van der Waals surface area contributed by atoms with Crippen molar-refractivity contribution in [3.8, 4) is 0 Å². The zero-order valence-electron chi connectivity index (χ0n) is 13.7. The number of nitrogens with zero attached hydrogens (tertiary/aromatic N) is 1. The maximum Gasteiger partial charge on any atom is 0.326 e. The molecule has 1 fully saturated rings. The number of ether oxygens (including phenoxy) is 1. The lowest BCUT2D eigenvalue weighted by Crippen LogP contribution is -2.51. The number of carbonyl (C=O) groups excluding carboxylic acids is 1. The van der Waals surface area contributed by atoms with Gasteiger partial charge >= 0.3 is 5.97 Å². The van der Waals surface area contributed by atoms with Crippen LogP contribution in [0.4, 0.5) is 0 Å². The van der Waals surface area contributed by atoms with Crippen LogP contribution in [-0.4, -0.2) is 48.7 Å². The molecule has 0 heterocycles. The van der Waals surface area contributed by atoms with Gasteiger partial charge in [0.2, 0.25) is 0 Å². The van der Waals surface area contributed by atoms with Gasteiger partial charge < -0.3 is 9.64 Å². The summed E-state index contributed by atoms with van der Waals surface area (Å²) in [4.78, 5) is 14.6. The maximum absolute atomic E-state index is 12.2. The van der Waals surface area contributed by atoms with Gasteiger partial charge in [-0.25, -0.2) is 0 Å². The van der Waals surface area contributed by atoms with Crippen LogP contribution in [0.5, 0.6) is 0 Å². The Morgan fingerprint density at radius 1 is 1.25 bits per heavy atom. The summed E-state index contributed by atoms with van der Waals surface area (Å²) in [6.07, 6.45) is 5.45. The Labute approximate surface area is 124 Å². The average Bonchev–Trinajstić information content (AvgIpc) is 3.23. The average molecular weight is 284 g/mol. The third kappa shape index (κ3) is 5.80. The molecule has 0 amide bonds. The van der Waals surface area contributed by atoms with Gasteiger partial charge in [-0.05, 0) is 65.6 Å². The first-order chi connectivity index (χ1) is 9.55. The molecule has 118 valence electrons.